The van der Waals surface area contributed by atoms with Gasteiger partial charge in [0, 0.05) is 21.7 Å². The van der Waals surface area contributed by atoms with Crippen LogP contribution in [0.4, 0.5) is 0 Å². The van der Waals surface area contributed by atoms with Crippen molar-refractivity contribution in [2.24, 2.45) is 21.7 Å². The molecule has 0 N–H and O–H groups in total. The van der Waals surface area contributed by atoms with E-state index in [-0.39, 0.29) is 44.8 Å². The first-order chi connectivity index (χ1) is 20.0. The van der Waals surface area contributed by atoms with Crippen molar-refractivity contribution in [3.05, 3.63) is 50.6 Å². The number of Topliss-reactive ketones (excluding diaryl/α,β-unsaturated/α-hetero) is 4. The fourth-order valence-corrected chi connectivity index (χ4v) is 3.46. The molecule has 256 valence electrons. The summed E-state index contributed by atoms with van der Waals surface area (Å²) in [6.45, 7) is 37.2. The molecule has 4 nitrogen and oxygen atoms in total. The molecule has 0 heterocycles. The van der Waals surface area contributed by atoms with Crippen LogP contribution < -0.4 is 0 Å². The number of unbranched alkanes of at least 4 members (excludes halogenated alkanes) is 4. The SMILES string of the molecule is C=CCCCC(C)(C)C(C)=O.C=CCCCC(C)(C)C(C)=O.C=CCCCC(C)(C)C(C)=O.C=CCCCC(C)(C)C(C)=O. The number of allylic oxidation sites excluding steroid dienone is 4. The number of hydrogen-bond donors (Lipinski definition) is 0. The number of carbonyl (C=O) groups is 4. The summed E-state index contributed by atoms with van der Waals surface area (Å²) in [6, 6.07) is 0. The van der Waals surface area contributed by atoms with Gasteiger partial charge in [-0.25, -0.2) is 0 Å². The van der Waals surface area contributed by atoms with Crippen LogP contribution in [0.1, 0.15) is 160 Å². The Labute approximate surface area is 274 Å². The summed E-state index contributed by atoms with van der Waals surface area (Å²) < 4.78 is 0. The summed E-state index contributed by atoms with van der Waals surface area (Å²) in [4.78, 5) is 44.1. The van der Waals surface area contributed by atoms with Crippen molar-refractivity contribution in [1.29, 1.82) is 0 Å². The van der Waals surface area contributed by atoms with Crippen LogP contribution >= 0.6 is 0 Å². The van der Waals surface area contributed by atoms with E-state index in [9.17, 15) is 19.2 Å². The second-order valence-electron chi connectivity index (χ2n) is 14.5. The summed E-state index contributed by atoms with van der Waals surface area (Å²) in [6.07, 6.45) is 19.8. The molecule has 0 aromatic rings. The molecule has 4 heteroatoms. The van der Waals surface area contributed by atoms with Crippen LogP contribution in [-0.4, -0.2) is 23.1 Å². The highest BCUT2D eigenvalue weighted by Gasteiger charge is 2.24. The van der Waals surface area contributed by atoms with Crippen molar-refractivity contribution < 1.29 is 19.2 Å². The summed E-state index contributed by atoms with van der Waals surface area (Å²) in [5, 5.41) is 0. The Kier molecular flexibility index (Phi) is 28.6. The van der Waals surface area contributed by atoms with E-state index in [0.29, 0.717) is 0 Å². The van der Waals surface area contributed by atoms with Crippen LogP contribution in [0.5, 0.6) is 0 Å². The average molecular weight is 617 g/mol. The zero-order valence-electron chi connectivity index (χ0n) is 31.3. The number of carbonyl (C=O) groups excluding carboxylic acids is 4. The monoisotopic (exact) mass is 617 g/mol. The highest BCUT2D eigenvalue weighted by Crippen LogP contribution is 2.26. The van der Waals surface area contributed by atoms with Gasteiger partial charge in [0.25, 0.3) is 0 Å². The lowest BCUT2D eigenvalue weighted by Gasteiger charge is -2.20. The van der Waals surface area contributed by atoms with E-state index in [1.165, 1.54) is 0 Å². The summed E-state index contributed by atoms with van der Waals surface area (Å²) >= 11 is 0. The van der Waals surface area contributed by atoms with Crippen molar-refractivity contribution in [1.82, 2.24) is 0 Å². The second-order valence-corrected chi connectivity index (χ2v) is 14.5. The lowest BCUT2D eigenvalue weighted by molar-refractivity contribution is -0.125. The van der Waals surface area contributed by atoms with E-state index in [2.05, 4.69) is 26.3 Å². The molecule has 0 radical (unpaired) electrons. The molecule has 44 heavy (non-hydrogen) atoms. The predicted octanol–water partition coefficient (Wildman–Crippen LogP) is 11.8. The summed E-state index contributed by atoms with van der Waals surface area (Å²) in [5.41, 5.74) is -0.544. The Balaban J connectivity index is -0.000000242. The quantitative estimate of drug-likeness (QED) is 0.101. The number of hydrogen-bond acceptors (Lipinski definition) is 4. The first-order valence-electron chi connectivity index (χ1n) is 16.5. The Morgan fingerprint density at radius 3 is 0.614 bits per heavy atom. The smallest absolute Gasteiger partial charge is 0.135 e. The van der Waals surface area contributed by atoms with Gasteiger partial charge in [0.05, 0.1) is 0 Å². The zero-order chi connectivity index (χ0) is 35.6. The van der Waals surface area contributed by atoms with E-state index < -0.39 is 0 Å². The van der Waals surface area contributed by atoms with Crippen LogP contribution in [0.3, 0.4) is 0 Å². The Morgan fingerprint density at radius 2 is 0.523 bits per heavy atom. The Bertz CT molecular complexity index is 724. The molecule has 0 amide bonds. The third-order valence-corrected chi connectivity index (χ3v) is 8.65. The van der Waals surface area contributed by atoms with Crippen molar-refractivity contribution in [2.75, 3.05) is 0 Å². The van der Waals surface area contributed by atoms with Gasteiger partial charge in [0.2, 0.25) is 0 Å². The lowest BCUT2D eigenvalue weighted by atomic mass is 9.83. The van der Waals surface area contributed by atoms with Crippen LogP contribution in [0.15, 0.2) is 50.6 Å². The fourth-order valence-electron chi connectivity index (χ4n) is 3.46. The highest BCUT2D eigenvalue weighted by atomic mass is 16.1. The molecule has 0 aromatic carbocycles. The van der Waals surface area contributed by atoms with Crippen LogP contribution in [0, 0.1) is 21.7 Å². The first-order valence-corrected chi connectivity index (χ1v) is 16.5. The summed E-state index contributed by atoms with van der Waals surface area (Å²) in [5.74, 6) is 1.12. The van der Waals surface area contributed by atoms with Gasteiger partial charge in [-0.1, -0.05) is 79.7 Å². The van der Waals surface area contributed by atoms with E-state index >= 15 is 0 Å². The molecule has 0 aliphatic heterocycles. The number of ketones is 4. The minimum absolute atomic E-state index is 0.136. The van der Waals surface area contributed by atoms with Crippen LogP contribution in [0.2, 0.25) is 0 Å². The van der Waals surface area contributed by atoms with Crippen molar-refractivity contribution >= 4 is 23.1 Å². The Morgan fingerprint density at radius 1 is 0.386 bits per heavy atom. The molecule has 0 aliphatic rings. The third-order valence-electron chi connectivity index (χ3n) is 8.65. The molecular formula is C40H72O4. The van der Waals surface area contributed by atoms with Gasteiger partial charge in [0.1, 0.15) is 23.1 Å². The van der Waals surface area contributed by atoms with Gasteiger partial charge in [-0.05, 0) is 105 Å². The van der Waals surface area contributed by atoms with Crippen LogP contribution in [-0.2, 0) is 19.2 Å². The van der Waals surface area contributed by atoms with E-state index in [1.807, 2.05) is 79.7 Å². The van der Waals surface area contributed by atoms with Gasteiger partial charge in [-0.2, -0.15) is 0 Å². The van der Waals surface area contributed by atoms with Gasteiger partial charge in [0.15, 0.2) is 0 Å². The molecule has 0 aromatic heterocycles. The van der Waals surface area contributed by atoms with Gasteiger partial charge < -0.3 is 0 Å². The van der Waals surface area contributed by atoms with Crippen molar-refractivity contribution in [3.63, 3.8) is 0 Å². The third kappa shape index (κ3) is 28.4. The molecule has 0 unspecified atom stereocenters. The maximum absolute atomic E-state index is 11.0. The topological polar surface area (TPSA) is 68.3 Å². The molecule has 0 bridgehead atoms. The summed E-state index contributed by atoms with van der Waals surface area (Å²) in [7, 11) is 0. The zero-order valence-corrected chi connectivity index (χ0v) is 31.3. The van der Waals surface area contributed by atoms with E-state index in [4.69, 9.17) is 0 Å². The molecule has 0 saturated heterocycles. The molecule has 0 rings (SSSR count). The van der Waals surface area contributed by atoms with E-state index in [0.717, 1.165) is 77.0 Å². The molecule has 0 aliphatic carbocycles. The molecule has 0 atom stereocenters. The van der Waals surface area contributed by atoms with E-state index in [1.54, 1.807) is 27.7 Å². The standard InChI is InChI=1S/4C10H18O/c4*1-5-6-7-8-10(3,4)9(2)11/h4*5H,1,6-8H2,2-4H3. The number of rotatable bonds is 20. The molecule has 0 spiro atoms. The Hall–Kier alpha value is -2.36. The minimum Gasteiger partial charge on any atom is -0.299 e. The first kappa shape index (κ1) is 48.5. The van der Waals surface area contributed by atoms with Gasteiger partial charge >= 0.3 is 0 Å². The maximum Gasteiger partial charge on any atom is 0.135 e. The predicted molar refractivity (Wildman–Crippen MR) is 194 cm³/mol. The maximum atomic E-state index is 11.0. The normalized spacial score (nSPS) is 11.2. The van der Waals surface area contributed by atoms with Gasteiger partial charge in [-0.3, -0.25) is 19.2 Å². The largest absolute Gasteiger partial charge is 0.299 e. The van der Waals surface area contributed by atoms with Crippen LogP contribution in [0.25, 0.3) is 0 Å². The molecule has 0 fully saturated rings. The highest BCUT2D eigenvalue weighted by molar-refractivity contribution is 5.82. The second kappa shape index (κ2) is 25.9. The fraction of sp³-hybridized carbons (Fsp3) is 0.700. The minimum atomic E-state index is -0.136. The van der Waals surface area contributed by atoms with Gasteiger partial charge in [-0.15, -0.1) is 26.3 Å². The van der Waals surface area contributed by atoms with Crippen molar-refractivity contribution in [2.45, 2.75) is 160 Å². The molecule has 0 saturated carbocycles. The average Bonchev–Trinajstić information content (AvgIpc) is 2.90. The lowest BCUT2D eigenvalue weighted by Crippen LogP contribution is -2.20. The molecular weight excluding hydrogens is 544 g/mol. The van der Waals surface area contributed by atoms with Crippen molar-refractivity contribution in [3.8, 4) is 0 Å².